The van der Waals surface area contributed by atoms with Gasteiger partial charge in [-0.15, -0.1) is 0 Å². The molecule has 8 heteroatoms. The summed E-state index contributed by atoms with van der Waals surface area (Å²) < 4.78 is 11.0. The number of amides is 2. The number of aryl methyl sites for hydroxylation is 1. The van der Waals surface area contributed by atoms with Crippen molar-refractivity contribution in [1.29, 1.82) is 0 Å². The summed E-state index contributed by atoms with van der Waals surface area (Å²) in [5.41, 5.74) is 0.939. The minimum atomic E-state index is -1.63. The molecule has 32 heavy (non-hydrogen) atoms. The third-order valence-electron chi connectivity index (χ3n) is 6.73. The van der Waals surface area contributed by atoms with Gasteiger partial charge in [0.2, 0.25) is 11.8 Å². The normalized spacial score (nSPS) is 26.9. The van der Waals surface area contributed by atoms with Crippen LogP contribution in [0.15, 0.2) is 36.4 Å². The van der Waals surface area contributed by atoms with E-state index in [1.54, 1.807) is 31.4 Å². The minimum absolute atomic E-state index is 0.424. The van der Waals surface area contributed by atoms with Gasteiger partial charge in [-0.25, -0.2) is 4.90 Å². The monoisotopic (exact) mass is 438 g/mol. The maximum Gasteiger partial charge on any atom is 0.324 e. The van der Waals surface area contributed by atoms with Crippen molar-refractivity contribution in [3.05, 3.63) is 53.1 Å². The summed E-state index contributed by atoms with van der Waals surface area (Å²) in [7, 11) is 3.06. The highest BCUT2D eigenvalue weighted by Gasteiger charge is 2.67. The summed E-state index contributed by atoms with van der Waals surface area (Å²) in [5.74, 6) is -2.99. The Kier molecular flexibility index (Phi) is 5.21. The first kappa shape index (κ1) is 21.8. The van der Waals surface area contributed by atoms with E-state index in [0.29, 0.717) is 22.7 Å². The molecule has 0 radical (unpaired) electrons. The van der Waals surface area contributed by atoms with Gasteiger partial charge in [-0.3, -0.25) is 19.7 Å². The molecule has 0 aliphatic carbocycles. The van der Waals surface area contributed by atoms with Crippen molar-refractivity contribution in [2.45, 2.75) is 32.4 Å². The maximum absolute atomic E-state index is 13.7. The van der Waals surface area contributed by atoms with Crippen LogP contribution in [-0.2, 0) is 14.4 Å². The molecule has 4 atom stereocenters. The molecule has 2 N–H and O–H groups in total. The number of fused-ring (bicyclic) bond motifs is 1. The lowest BCUT2D eigenvalue weighted by Crippen LogP contribution is -2.53. The smallest absolute Gasteiger partial charge is 0.324 e. The van der Waals surface area contributed by atoms with Crippen LogP contribution in [0, 0.1) is 25.7 Å². The number of hydrogen-bond acceptors (Lipinski definition) is 6. The number of methoxy groups -OCH3 is 2. The molecule has 2 amide bonds. The summed E-state index contributed by atoms with van der Waals surface area (Å²) in [6.45, 7) is 5.10. The van der Waals surface area contributed by atoms with Crippen LogP contribution in [0.2, 0.25) is 0 Å². The van der Waals surface area contributed by atoms with Gasteiger partial charge in [0.05, 0.1) is 31.7 Å². The molecule has 2 aromatic rings. The highest BCUT2D eigenvalue weighted by Crippen LogP contribution is 2.52. The Morgan fingerprint density at radius 1 is 1.06 bits per heavy atom. The van der Waals surface area contributed by atoms with E-state index in [1.165, 1.54) is 14.0 Å². The van der Waals surface area contributed by atoms with Crippen LogP contribution in [0.3, 0.4) is 0 Å². The Morgan fingerprint density at radius 2 is 1.75 bits per heavy atom. The molecule has 4 rings (SSSR count). The second kappa shape index (κ2) is 7.63. The Morgan fingerprint density at radius 3 is 2.34 bits per heavy atom. The lowest BCUT2D eigenvalue weighted by Gasteiger charge is -2.28. The van der Waals surface area contributed by atoms with Crippen molar-refractivity contribution in [1.82, 2.24) is 5.32 Å². The number of benzene rings is 2. The van der Waals surface area contributed by atoms with Crippen LogP contribution >= 0.6 is 0 Å². The molecule has 2 aliphatic rings. The number of ether oxygens (including phenoxy) is 2. The molecule has 0 bridgehead atoms. The van der Waals surface area contributed by atoms with Gasteiger partial charge in [0.15, 0.2) is 0 Å². The van der Waals surface area contributed by atoms with Gasteiger partial charge in [-0.05, 0) is 38.5 Å². The predicted molar refractivity (Wildman–Crippen MR) is 117 cm³/mol. The lowest BCUT2D eigenvalue weighted by molar-refractivity contribution is -0.147. The van der Waals surface area contributed by atoms with Gasteiger partial charge < -0.3 is 14.6 Å². The molecule has 2 aromatic carbocycles. The van der Waals surface area contributed by atoms with Gasteiger partial charge in [-0.1, -0.05) is 24.3 Å². The molecule has 0 aromatic heterocycles. The first-order chi connectivity index (χ1) is 15.2. The van der Waals surface area contributed by atoms with Gasteiger partial charge in [0.1, 0.15) is 17.0 Å². The molecular formula is C24H26N2O6. The van der Waals surface area contributed by atoms with E-state index >= 15 is 0 Å². The van der Waals surface area contributed by atoms with Gasteiger partial charge in [0.25, 0.3) is 0 Å². The number of para-hydroxylation sites is 1. The molecule has 0 spiro atoms. The number of carboxylic acid groups (broad SMARTS) is 1. The molecule has 8 nitrogen and oxygen atoms in total. The van der Waals surface area contributed by atoms with Crippen LogP contribution in [-0.4, -0.2) is 42.6 Å². The predicted octanol–water partition coefficient (Wildman–Crippen LogP) is 2.61. The highest BCUT2D eigenvalue weighted by atomic mass is 16.5. The number of hydrogen-bond donors (Lipinski definition) is 2. The summed E-state index contributed by atoms with van der Waals surface area (Å²) >= 11 is 0. The van der Waals surface area contributed by atoms with Crippen LogP contribution in [0.5, 0.6) is 11.5 Å². The van der Waals surface area contributed by atoms with E-state index in [9.17, 15) is 19.5 Å². The average molecular weight is 438 g/mol. The number of rotatable bonds is 5. The molecule has 168 valence electrons. The average Bonchev–Trinajstić information content (AvgIpc) is 3.22. The van der Waals surface area contributed by atoms with Crippen LogP contribution < -0.4 is 19.7 Å². The summed E-state index contributed by atoms with van der Waals surface area (Å²) in [6.07, 6.45) is 0. The van der Waals surface area contributed by atoms with Crippen molar-refractivity contribution in [2.75, 3.05) is 19.1 Å². The Balaban J connectivity index is 1.89. The summed E-state index contributed by atoms with van der Waals surface area (Å²) in [4.78, 5) is 40.7. The van der Waals surface area contributed by atoms with E-state index in [4.69, 9.17) is 9.47 Å². The number of carbonyl (C=O) groups is 3. The zero-order valence-electron chi connectivity index (χ0n) is 18.6. The van der Waals surface area contributed by atoms with Gasteiger partial charge >= 0.3 is 5.97 Å². The lowest BCUT2D eigenvalue weighted by atomic mass is 9.80. The van der Waals surface area contributed by atoms with E-state index in [2.05, 4.69) is 5.32 Å². The van der Waals surface area contributed by atoms with Crippen molar-refractivity contribution in [3.63, 3.8) is 0 Å². The Hall–Kier alpha value is -3.39. The number of carboxylic acids is 1. The third-order valence-corrected chi connectivity index (χ3v) is 6.73. The van der Waals surface area contributed by atoms with Crippen LogP contribution in [0.1, 0.15) is 29.7 Å². The highest BCUT2D eigenvalue weighted by molar-refractivity contribution is 6.24. The SMILES string of the molecule is COc1ccc(C2NC(C)(C(=O)O)C3C(=O)N(c4ccccc4C)C(=O)C23)c(OC)c1C. The van der Waals surface area contributed by atoms with E-state index in [1.807, 2.05) is 26.0 Å². The molecule has 0 saturated carbocycles. The first-order valence-corrected chi connectivity index (χ1v) is 10.3. The van der Waals surface area contributed by atoms with Crippen molar-refractivity contribution < 1.29 is 29.0 Å². The fraction of sp³-hybridized carbons (Fsp3) is 0.375. The minimum Gasteiger partial charge on any atom is -0.496 e. The molecule has 2 heterocycles. The zero-order valence-corrected chi connectivity index (χ0v) is 18.6. The van der Waals surface area contributed by atoms with Gasteiger partial charge in [0, 0.05) is 17.2 Å². The Labute approximate surface area is 186 Å². The number of nitrogens with zero attached hydrogens (tertiary/aromatic N) is 1. The fourth-order valence-corrected chi connectivity index (χ4v) is 5.09. The number of anilines is 1. The molecular weight excluding hydrogens is 412 g/mol. The van der Waals surface area contributed by atoms with Crippen molar-refractivity contribution >= 4 is 23.5 Å². The zero-order chi connectivity index (χ0) is 23.4. The summed E-state index contributed by atoms with van der Waals surface area (Å²) in [6, 6.07) is 9.85. The largest absolute Gasteiger partial charge is 0.496 e. The second-order valence-electron chi connectivity index (χ2n) is 8.45. The van der Waals surface area contributed by atoms with E-state index in [-0.39, 0.29) is 0 Å². The molecule has 2 saturated heterocycles. The Bertz CT molecular complexity index is 1130. The van der Waals surface area contributed by atoms with Crippen molar-refractivity contribution in [3.8, 4) is 11.5 Å². The molecule has 2 fully saturated rings. The third kappa shape index (κ3) is 2.90. The van der Waals surface area contributed by atoms with Crippen molar-refractivity contribution in [2.24, 2.45) is 11.8 Å². The number of nitrogens with one attached hydrogen (secondary N) is 1. The van der Waals surface area contributed by atoms with E-state index < -0.39 is 41.2 Å². The number of aliphatic carboxylic acids is 1. The van der Waals surface area contributed by atoms with Gasteiger partial charge in [-0.2, -0.15) is 0 Å². The van der Waals surface area contributed by atoms with E-state index in [0.717, 1.165) is 16.0 Å². The second-order valence-corrected chi connectivity index (χ2v) is 8.45. The summed E-state index contributed by atoms with van der Waals surface area (Å²) in [5, 5.41) is 13.2. The fourth-order valence-electron chi connectivity index (χ4n) is 5.09. The van der Waals surface area contributed by atoms with Crippen LogP contribution in [0.25, 0.3) is 0 Å². The topological polar surface area (TPSA) is 105 Å². The first-order valence-electron chi connectivity index (χ1n) is 10.3. The molecule has 2 aliphatic heterocycles. The maximum atomic E-state index is 13.7. The number of imide groups is 1. The van der Waals surface area contributed by atoms with Crippen LogP contribution in [0.4, 0.5) is 5.69 Å². The molecule has 4 unspecified atom stereocenters. The standard InChI is InChI=1S/C24H26N2O6/c1-12-8-6-7-9-15(12)26-21(27)17-18(22(26)28)24(3,23(29)30)25-19(17)14-10-11-16(31-4)13(2)20(14)32-5/h6-11,17-19,25H,1-5H3,(H,29,30). The quantitative estimate of drug-likeness (QED) is 0.692. The number of carbonyl (C=O) groups excluding carboxylic acids is 2.